The molecule has 0 aromatic heterocycles. The Balaban J connectivity index is 1.61. The Bertz CT molecular complexity index is 1330. The van der Waals surface area contributed by atoms with Gasteiger partial charge in [-0.05, 0) is 47.7 Å². The number of ether oxygens (including phenoxy) is 1. The maximum Gasteiger partial charge on any atom is 0.411 e. The van der Waals surface area contributed by atoms with E-state index in [-0.39, 0.29) is 30.2 Å². The summed E-state index contributed by atoms with van der Waals surface area (Å²) >= 11 is 0. The molecule has 176 valence electrons. The molecule has 0 radical (unpaired) electrons. The third-order valence-corrected chi connectivity index (χ3v) is 6.92. The second kappa shape index (κ2) is 8.93. The van der Waals surface area contributed by atoms with E-state index >= 15 is 0 Å². The molecule has 4 rings (SSSR count). The van der Waals surface area contributed by atoms with Crippen molar-refractivity contribution in [3.8, 4) is 12.3 Å². The van der Waals surface area contributed by atoms with Crippen molar-refractivity contribution in [3.05, 3.63) is 64.7 Å². The highest BCUT2D eigenvalue weighted by atomic mass is 32.2. The number of piperidine rings is 1. The van der Waals surface area contributed by atoms with Crippen LogP contribution >= 0.6 is 0 Å². The lowest BCUT2D eigenvalue weighted by molar-refractivity contribution is -0.136. The Morgan fingerprint density at radius 3 is 2.65 bits per heavy atom. The first kappa shape index (κ1) is 23.5. The lowest BCUT2D eigenvalue weighted by Gasteiger charge is -2.27. The quantitative estimate of drug-likeness (QED) is 0.380. The Kier molecular flexibility index (Phi) is 6.17. The largest absolute Gasteiger partial charge is 0.439 e. The normalized spacial score (nSPS) is 21.6. The van der Waals surface area contributed by atoms with Gasteiger partial charge in [0.25, 0.3) is 10.1 Å². The zero-order chi connectivity index (χ0) is 24.6. The minimum atomic E-state index is -4.40. The molecule has 2 aliphatic rings. The van der Waals surface area contributed by atoms with Crippen molar-refractivity contribution in [2.45, 2.75) is 42.7 Å². The third-order valence-electron chi connectivity index (χ3n) is 6.07. The van der Waals surface area contributed by atoms with Crippen LogP contribution in [0.1, 0.15) is 47.1 Å². The van der Waals surface area contributed by atoms with Gasteiger partial charge in [0.15, 0.2) is 0 Å². The molecular weight excluding hydrogens is 460 g/mol. The van der Waals surface area contributed by atoms with E-state index in [9.17, 15) is 27.4 Å². The number of benzene rings is 2. The molecule has 3 amide bonds. The SMILES string of the molecule is C#CC(c1cccc([C@H]2CN(C3CCC(=O)NC3=O)C(=O)O2)c1)c1cc(S(=O)(=O)O)ccc1C. The van der Waals surface area contributed by atoms with Gasteiger partial charge in [-0.15, -0.1) is 6.42 Å². The summed E-state index contributed by atoms with van der Waals surface area (Å²) < 4.78 is 38.2. The van der Waals surface area contributed by atoms with Crippen molar-refractivity contribution >= 4 is 28.0 Å². The van der Waals surface area contributed by atoms with Crippen LogP contribution in [-0.2, 0) is 24.4 Å². The van der Waals surface area contributed by atoms with E-state index < -0.39 is 40.2 Å². The highest BCUT2D eigenvalue weighted by molar-refractivity contribution is 7.85. The van der Waals surface area contributed by atoms with Crippen LogP contribution < -0.4 is 5.32 Å². The number of cyclic esters (lactones) is 1. The van der Waals surface area contributed by atoms with E-state index in [0.29, 0.717) is 16.7 Å². The topological polar surface area (TPSA) is 130 Å². The number of aryl methyl sites for hydroxylation is 1. The second-order valence-corrected chi connectivity index (χ2v) is 9.68. The minimum absolute atomic E-state index is 0.132. The molecule has 2 aromatic carbocycles. The average molecular weight is 483 g/mol. The summed E-state index contributed by atoms with van der Waals surface area (Å²) in [6, 6.07) is 10.5. The zero-order valence-electron chi connectivity index (χ0n) is 18.2. The monoisotopic (exact) mass is 482 g/mol. The van der Waals surface area contributed by atoms with Crippen molar-refractivity contribution in [2.24, 2.45) is 0 Å². The van der Waals surface area contributed by atoms with Crippen LogP contribution in [0, 0.1) is 19.3 Å². The first-order chi connectivity index (χ1) is 16.1. The number of imide groups is 1. The molecule has 2 fully saturated rings. The van der Waals surface area contributed by atoms with Gasteiger partial charge in [0.05, 0.1) is 17.4 Å². The van der Waals surface area contributed by atoms with Crippen LogP contribution in [0.5, 0.6) is 0 Å². The van der Waals surface area contributed by atoms with Gasteiger partial charge < -0.3 is 4.74 Å². The van der Waals surface area contributed by atoms with Crippen LogP contribution in [0.25, 0.3) is 0 Å². The van der Waals surface area contributed by atoms with Gasteiger partial charge in [0, 0.05) is 6.42 Å². The van der Waals surface area contributed by atoms with Gasteiger partial charge in [-0.3, -0.25) is 24.4 Å². The first-order valence-electron chi connectivity index (χ1n) is 10.5. The summed E-state index contributed by atoms with van der Waals surface area (Å²) in [5, 5.41) is 2.24. The van der Waals surface area contributed by atoms with Crippen LogP contribution in [0.15, 0.2) is 47.4 Å². The summed E-state index contributed by atoms with van der Waals surface area (Å²) in [5.74, 6) is 1.16. The number of nitrogens with zero attached hydrogens (tertiary/aromatic N) is 1. The van der Waals surface area contributed by atoms with Crippen molar-refractivity contribution < 1.29 is 32.1 Å². The molecule has 2 aromatic rings. The van der Waals surface area contributed by atoms with E-state index in [0.717, 1.165) is 5.56 Å². The summed E-state index contributed by atoms with van der Waals surface area (Å²) in [6.45, 7) is 1.92. The van der Waals surface area contributed by atoms with Gasteiger partial charge in [-0.25, -0.2) is 4.79 Å². The molecule has 2 saturated heterocycles. The summed E-state index contributed by atoms with van der Waals surface area (Å²) in [4.78, 5) is 37.1. The highest BCUT2D eigenvalue weighted by Crippen LogP contribution is 2.33. The number of terminal acetylenes is 1. The summed E-state index contributed by atoms with van der Waals surface area (Å²) in [7, 11) is -4.40. The molecule has 9 nitrogen and oxygen atoms in total. The third kappa shape index (κ3) is 4.53. The van der Waals surface area contributed by atoms with Crippen molar-refractivity contribution in [1.29, 1.82) is 0 Å². The van der Waals surface area contributed by atoms with Crippen molar-refractivity contribution in [1.82, 2.24) is 10.2 Å². The Labute approximate surface area is 196 Å². The van der Waals surface area contributed by atoms with Crippen LogP contribution in [-0.4, -0.2) is 48.4 Å². The number of hydrogen-bond acceptors (Lipinski definition) is 6. The molecule has 0 bridgehead atoms. The van der Waals surface area contributed by atoms with E-state index in [4.69, 9.17) is 11.2 Å². The number of hydrogen-bond donors (Lipinski definition) is 2. The molecular formula is C24H22N2O7S. The van der Waals surface area contributed by atoms with Gasteiger partial charge in [-0.1, -0.05) is 36.3 Å². The second-order valence-electron chi connectivity index (χ2n) is 8.25. The first-order valence-corrected chi connectivity index (χ1v) is 12.0. The molecule has 2 aliphatic heterocycles. The Morgan fingerprint density at radius 2 is 1.97 bits per heavy atom. The minimum Gasteiger partial charge on any atom is -0.439 e. The number of carbonyl (C=O) groups excluding carboxylic acids is 3. The number of rotatable bonds is 5. The predicted octanol–water partition coefficient (Wildman–Crippen LogP) is 2.31. The van der Waals surface area contributed by atoms with Gasteiger partial charge in [0.1, 0.15) is 12.1 Å². The molecule has 3 atom stereocenters. The van der Waals surface area contributed by atoms with Gasteiger partial charge >= 0.3 is 6.09 Å². The zero-order valence-corrected chi connectivity index (χ0v) is 19.0. The van der Waals surface area contributed by atoms with Crippen LogP contribution in [0.3, 0.4) is 0 Å². The highest BCUT2D eigenvalue weighted by Gasteiger charge is 2.42. The maximum atomic E-state index is 12.5. The molecule has 2 unspecified atom stereocenters. The predicted molar refractivity (Wildman–Crippen MR) is 120 cm³/mol. The molecule has 34 heavy (non-hydrogen) atoms. The van der Waals surface area contributed by atoms with Crippen molar-refractivity contribution in [2.75, 3.05) is 6.54 Å². The van der Waals surface area contributed by atoms with Crippen LogP contribution in [0.4, 0.5) is 4.79 Å². The fourth-order valence-corrected chi connectivity index (χ4v) is 4.80. The standard InChI is InChI=1S/C24H22N2O7S/c1-3-18(19-12-17(34(30,31)32)8-7-14(19)2)15-5-4-6-16(11-15)21-13-26(24(29)33-21)20-9-10-22(27)25-23(20)28/h1,4-8,11-12,18,20-21H,9-10,13H2,2H3,(H,25,27,28)(H,30,31,32)/t18?,20?,21-/m1/s1. The fraction of sp³-hybridized carbons (Fsp3) is 0.292. The lowest BCUT2D eigenvalue weighted by atomic mass is 9.88. The van der Waals surface area contributed by atoms with E-state index in [1.54, 1.807) is 37.3 Å². The molecule has 2 N–H and O–H groups in total. The molecule has 0 spiro atoms. The fourth-order valence-electron chi connectivity index (χ4n) is 4.28. The van der Waals surface area contributed by atoms with E-state index in [1.807, 2.05) is 0 Å². The maximum absolute atomic E-state index is 12.5. The summed E-state index contributed by atoms with van der Waals surface area (Å²) in [5.41, 5.74) is 2.62. The van der Waals surface area contributed by atoms with E-state index in [1.165, 1.54) is 17.0 Å². The molecule has 10 heteroatoms. The molecule has 0 saturated carbocycles. The van der Waals surface area contributed by atoms with Gasteiger partial charge in [-0.2, -0.15) is 8.42 Å². The average Bonchev–Trinajstić information content (AvgIpc) is 3.16. The molecule has 2 heterocycles. The molecule has 0 aliphatic carbocycles. The number of nitrogens with one attached hydrogen (secondary N) is 1. The Morgan fingerprint density at radius 1 is 1.21 bits per heavy atom. The number of carbonyl (C=O) groups is 3. The summed E-state index contributed by atoms with van der Waals surface area (Å²) in [6.07, 6.45) is 4.89. The Hall–Kier alpha value is -3.68. The lowest BCUT2D eigenvalue weighted by Crippen LogP contribution is -2.52. The smallest absolute Gasteiger partial charge is 0.411 e. The number of amides is 3. The van der Waals surface area contributed by atoms with E-state index in [2.05, 4.69) is 11.2 Å². The van der Waals surface area contributed by atoms with Crippen molar-refractivity contribution in [3.63, 3.8) is 0 Å². The van der Waals surface area contributed by atoms with Gasteiger partial charge in [0.2, 0.25) is 11.8 Å². The van der Waals surface area contributed by atoms with Crippen LogP contribution in [0.2, 0.25) is 0 Å².